The largest absolute Gasteiger partial charge is 0.380 e. The molecular weight excluding hydrogens is 407 g/mol. The van der Waals surface area contributed by atoms with Gasteiger partial charge >= 0.3 is 0 Å². The molecule has 8 heteroatoms. The molecule has 2 aliphatic rings. The Bertz CT molecular complexity index is 514. The standard InChI is InChI=1S/C15H24N6O.HI/c1-15(11-22-12-15)10-19-13(16-2)20-6-8-21(9-7-20)14-17-4-3-5-18-14;/h3-5H,6-12H2,1-2H3,(H,16,19);1H. The van der Waals surface area contributed by atoms with E-state index in [2.05, 4.69) is 37.0 Å². The molecule has 7 nitrogen and oxygen atoms in total. The summed E-state index contributed by atoms with van der Waals surface area (Å²) in [6.07, 6.45) is 3.58. The Balaban J connectivity index is 0.00000192. The maximum atomic E-state index is 5.30. The first-order valence-corrected chi connectivity index (χ1v) is 7.75. The number of piperazine rings is 1. The quantitative estimate of drug-likeness (QED) is 0.434. The molecule has 0 unspecified atom stereocenters. The summed E-state index contributed by atoms with van der Waals surface area (Å²) in [6, 6.07) is 1.84. The van der Waals surface area contributed by atoms with Crippen LogP contribution in [0, 0.1) is 5.41 Å². The van der Waals surface area contributed by atoms with Crippen molar-refractivity contribution in [2.24, 2.45) is 10.4 Å². The summed E-state index contributed by atoms with van der Waals surface area (Å²) >= 11 is 0. The lowest BCUT2D eigenvalue weighted by atomic mass is 9.89. The predicted molar refractivity (Wildman–Crippen MR) is 102 cm³/mol. The van der Waals surface area contributed by atoms with Gasteiger partial charge in [-0.05, 0) is 6.07 Å². The monoisotopic (exact) mass is 432 g/mol. The Kier molecular flexibility index (Phi) is 6.40. The number of hydrogen-bond acceptors (Lipinski definition) is 5. The van der Waals surface area contributed by atoms with E-state index in [0.29, 0.717) is 0 Å². The Morgan fingerprint density at radius 2 is 1.91 bits per heavy atom. The molecule has 128 valence electrons. The first kappa shape index (κ1) is 18.2. The Morgan fingerprint density at radius 3 is 2.43 bits per heavy atom. The molecule has 3 rings (SSSR count). The summed E-state index contributed by atoms with van der Waals surface area (Å²) in [5.74, 6) is 1.78. The highest BCUT2D eigenvalue weighted by atomic mass is 127. The van der Waals surface area contributed by atoms with E-state index in [0.717, 1.165) is 57.8 Å². The molecule has 1 N–H and O–H groups in total. The lowest BCUT2D eigenvalue weighted by Crippen LogP contribution is -2.56. The van der Waals surface area contributed by atoms with Gasteiger partial charge in [0.25, 0.3) is 0 Å². The molecule has 0 saturated carbocycles. The van der Waals surface area contributed by atoms with Crippen molar-refractivity contribution in [2.45, 2.75) is 6.92 Å². The number of halogens is 1. The average Bonchev–Trinajstić information content (AvgIpc) is 2.55. The van der Waals surface area contributed by atoms with Crippen LogP contribution in [-0.2, 0) is 4.74 Å². The van der Waals surface area contributed by atoms with Crippen molar-refractivity contribution >= 4 is 35.9 Å². The maximum Gasteiger partial charge on any atom is 0.225 e. The summed E-state index contributed by atoms with van der Waals surface area (Å²) in [5, 5.41) is 3.48. The van der Waals surface area contributed by atoms with Gasteiger partial charge in [0.2, 0.25) is 5.95 Å². The number of nitrogens with one attached hydrogen (secondary N) is 1. The second kappa shape index (κ2) is 8.09. The molecule has 1 aromatic rings. The van der Waals surface area contributed by atoms with Gasteiger partial charge in [0.15, 0.2) is 5.96 Å². The molecule has 0 atom stereocenters. The van der Waals surface area contributed by atoms with Crippen molar-refractivity contribution in [1.29, 1.82) is 0 Å². The summed E-state index contributed by atoms with van der Waals surface area (Å²) in [4.78, 5) is 17.6. The van der Waals surface area contributed by atoms with Crippen LogP contribution in [0.2, 0.25) is 0 Å². The number of aliphatic imine (C=N–C) groups is 1. The SMILES string of the molecule is CN=C(NCC1(C)COC1)N1CCN(c2ncccn2)CC1.I. The fraction of sp³-hybridized carbons (Fsp3) is 0.667. The molecule has 0 bridgehead atoms. The van der Waals surface area contributed by atoms with Crippen molar-refractivity contribution in [3.05, 3.63) is 18.5 Å². The van der Waals surface area contributed by atoms with Gasteiger partial charge in [-0.25, -0.2) is 9.97 Å². The third-order valence-electron chi connectivity index (χ3n) is 4.20. The minimum Gasteiger partial charge on any atom is -0.380 e. The molecule has 1 aromatic heterocycles. The van der Waals surface area contributed by atoms with Crippen LogP contribution >= 0.6 is 24.0 Å². The summed E-state index contributed by atoms with van der Waals surface area (Å²) in [6.45, 7) is 8.46. The Hall–Kier alpha value is -1.16. The molecule has 0 spiro atoms. The highest BCUT2D eigenvalue weighted by molar-refractivity contribution is 14.0. The van der Waals surface area contributed by atoms with Crippen molar-refractivity contribution < 1.29 is 4.74 Å². The third kappa shape index (κ3) is 4.43. The zero-order valence-electron chi connectivity index (χ0n) is 13.7. The number of hydrogen-bond donors (Lipinski definition) is 1. The van der Waals surface area contributed by atoms with E-state index in [1.807, 2.05) is 13.1 Å². The van der Waals surface area contributed by atoms with Gasteiger partial charge in [0.05, 0.1) is 13.2 Å². The number of anilines is 1. The molecule has 23 heavy (non-hydrogen) atoms. The Labute approximate surface area is 154 Å². The van der Waals surface area contributed by atoms with Crippen LogP contribution in [0.3, 0.4) is 0 Å². The molecule has 3 heterocycles. The van der Waals surface area contributed by atoms with E-state index in [1.165, 1.54) is 0 Å². The first-order valence-electron chi connectivity index (χ1n) is 7.75. The molecule has 2 aliphatic heterocycles. The van der Waals surface area contributed by atoms with Gasteiger partial charge in [0, 0.05) is 57.6 Å². The van der Waals surface area contributed by atoms with Gasteiger partial charge in [-0.2, -0.15) is 0 Å². The number of nitrogens with zero attached hydrogens (tertiary/aromatic N) is 5. The summed E-state index contributed by atoms with van der Waals surface area (Å²) < 4.78 is 5.30. The predicted octanol–water partition coefficient (Wildman–Crippen LogP) is 0.828. The number of rotatable bonds is 3. The number of ether oxygens (including phenoxy) is 1. The normalized spacial score (nSPS) is 20.5. The topological polar surface area (TPSA) is 65.9 Å². The highest BCUT2D eigenvalue weighted by Gasteiger charge is 2.33. The summed E-state index contributed by atoms with van der Waals surface area (Å²) in [5.41, 5.74) is 0.246. The molecule has 2 saturated heterocycles. The lowest BCUT2D eigenvalue weighted by molar-refractivity contribution is -0.0972. The maximum absolute atomic E-state index is 5.30. The molecule has 0 aliphatic carbocycles. The fourth-order valence-corrected chi connectivity index (χ4v) is 2.75. The van der Waals surface area contributed by atoms with E-state index in [9.17, 15) is 0 Å². The molecular formula is C15H25IN6O. The van der Waals surface area contributed by atoms with Crippen molar-refractivity contribution in [3.63, 3.8) is 0 Å². The summed E-state index contributed by atoms with van der Waals surface area (Å²) in [7, 11) is 1.84. The van der Waals surface area contributed by atoms with Gasteiger partial charge in [0.1, 0.15) is 0 Å². The van der Waals surface area contributed by atoms with Crippen LogP contribution in [0.25, 0.3) is 0 Å². The number of aromatic nitrogens is 2. The van der Waals surface area contributed by atoms with Gasteiger partial charge in [-0.3, -0.25) is 4.99 Å². The van der Waals surface area contributed by atoms with Crippen LogP contribution in [0.4, 0.5) is 5.95 Å². The van der Waals surface area contributed by atoms with Crippen molar-refractivity contribution in [1.82, 2.24) is 20.2 Å². The van der Waals surface area contributed by atoms with E-state index in [-0.39, 0.29) is 29.4 Å². The second-order valence-corrected chi connectivity index (χ2v) is 6.23. The van der Waals surface area contributed by atoms with Crippen LogP contribution in [0.1, 0.15) is 6.92 Å². The van der Waals surface area contributed by atoms with Crippen LogP contribution < -0.4 is 10.2 Å². The Morgan fingerprint density at radius 1 is 1.26 bits per heavy atom. The average molecular weight is 432 g/mol. The van der Waals surface area contributed by atoms with E-state index >= 15 is 0 Å². The zero-order chi connectivity index (χ0) is 15.4. The molecule has 0 radical (unpaired) electrons. The number of guanidine groups is 1. The van der Waals surface area contributed by atoms with Crippen LogP contribution in [-0.4, -0.2) is 73.8 Å². The highest BCUT2D eigenvalue weighted by Crippen LogP contribution is 2.25. The van der Waals surface area contributed by atoms with Gasteiger partial charge in [-0.1, -0.05) is 6.92 Å². The minimum atomic E-state index is 0. The van der Waals surface area contributed by atoms with Gasteiger partial charge < -0.3 is 19.9 Å². The molecule has 2 fully saturated rings. The first-order chi connectivity index (χ1) is 10.7. The van der Waals surface area contributed by atoms with E-state index in [1.54, 1.807) is 12.4 Å². The minimum absolute atomic E-state index is 0. The van der Waals surface area contributed by atoms with Crippen molar-refractivity contribution in [3.8, 4) is 0 Å². The van der Waals surface area contributed by atoms with E-state index in [4.69, 9.17) is 4.74 Å². The second-order valence-electron chi connectivity index (χ2n) is 6.23. The smallest absolute Gasteiger partial charge is 0.225 e. The van der Waals surface area contributed by atoms with E-state index < -0.39 is 0 Å². The van der Waals surface area contributed by atoms with Crippen molar-refractivity contribution in [2.75, 3.05) is 57.9 Å². The van der Waals surface area contributed by atoms with Gasteiger partial charge in [-0.15, -0.1) is 24.0 Å². The van der Waals surface area contributed by atoms with Crippen LogP contribution in [0.15, 0.2) is 23.5 Å². The fourth-order valence-electron chi connectivity index (χ4n) is 2.75. The lowest BCUT2D eigenvalue weighted by Gasteiger charge is -2.40. The zero-order valence-corrected chi connectivity index (χ0v) is 16.1. The molecule has 0 aromatic carbocycles. The third-order valence-corrected chi connectivity index (χ3v) is 4.20. The molecule has 0 amide bonds. The van der Waals surface area contributed by atoms with Crippen LogP contribution in [0.5, 0.6) is 0 Å².